The number of rotatable bonds is 6. The van der Waals surface area contributed by atoms with Gasteiger partial charge in [0.2, 0.25) is 11.8 Å². The van der Waals surface area contributed by atoms with Crippen LogP contribution in [-0.2, 0) is 9.59 Å². The summed E-state index contributed by atoms with van der Waals surface area (Å²) < 4.78 is 0. The highest BCUT2D eigenvalue weighted by Crippen LogP contribution is 2.24. The Bertz CT molecular complexity index is 650. The number of carbonyl (C=O) groups is 3. The van der Waals surface area contributed by atoms with Crippen LogP contribution in [0.5, 0.6) is 0 Å². The fourth-order valence-corrected chi connectivity index (χ4v) is 3.33. The van der Waals surface area contributed by atoms with Crippen molar-refractivity contribution < 1.29 is 14.4 Å². The predicted octanol–water partition coefficient (Wildman–Crippen LogP) is 2.19. The number of anilines is 2. The second-order valence-corrected chi connectivity index (χ2v) is 7.07. The summed E-state index contributed by atoms with van der Waals surface area (Å²) in [7, 11) is 0. The molecule has 2 heterocycles. The van der Waals surface area contributed by atoms with Gasteiger partial charge in [-0.1, -0.05) is 6.92 Å². The van der Waals surface area contributed by atoms with Crippen LogP contribution < -0.4 is 15.5 Å². The number of carbonyl (C=O) groups excluding carboxylic acids is 3. The van der Waals surface area contributed by atoms with E-state index in [1.54, 1.807) is 0 Å². The number of benzene rings is 1. The van der Waals surface area contributed by atoms with Crippen molar-refractivity contribution in [2.75, 3.05) is 36.4 Å². The van der Waals surface area contributed by atoms with Gasteiger partial charge < -0.3 is 15.5 Å². The zero-order valence-corrected chi connectivity index (χ0v) is 15.2. The summed E-state index contributed by atoms with van der Waals surface area (Å²) in [5.74, 6) is 0.446. The molecule has 2 saturated heterocycles. The number of urea groups is 1. The maximum Gasteiger partial charge on any atom is 0.324 e. The smallest absolute Gasteiger partial charge is 0.324 e. The fraction of sp³-hybridized carbons (Fsp3) is 0.526. The minimum absolute atomic E-state index is 0.0489. The van der Waals surface area contributed by atoms with Gasteiger partial charge in [0.1, 0.15) is 0 Å². The molecular formula is C19H26N4O3. The summed E-state index contributed by atoms with van der Waals surface area (Å²) in [5.41, 5.74) is 1.95. The van der Waals surface area contributed by atoms with E-state index in [9.17, 15) is 14.4 Å². The molecule has 0 saturated carbocycles. The van der Waals surface area contributed by atoms with Crippen LogP contribution in [0.15, 0.2) is 24.3 Å². The highest BCUT2D eigenvalue weighted by atomic mass is 16.2. The second-order valence-electron chi connectivity index (χ2n) is 7.07. The lowest BCUT2D eigenvalue weighted by molar-refractivity contribution is -0.125. The first kappa shape index (κ1) is 18.2. The quantitative estimate of drug-likeness (QED) is 0.764. The van der Waals surface area contributed by atoms with Crippen LogP contribution in [0, 0.1) is 5.92 Å². The van der Waals surface area contributed by atoms with Crippen LogP contribution in [0.4, 0.5) is 16.2 Å². The standard InChI is InChI=1S/C19H26N4O3/c1-14-8-11-22(12-9-14)16-6-4-15(5-7-16)21-17(24)3-2-10-23-18(25)13-20-19(23)26/h4-7,14H,2-3,8-13H2,1H3,(H,20,26)(H,21,24). The summed E-state index contributed by atoms with van der Waals surface area (Å²) in [6.45, 7) is 4.77. The molecule has 4 amide bonds. The fourth-order valence-electron chi connectivity index (χ4n) is 3.33. The average Bonchev–Trinajstić information content (AvgIpc) is 2.95. The predicted molar refractivity (Wildman–Crippen MR) is 100 cm³/mol. The third-order valence-corrected chi connectivity index (χ3v) is 5.02. The SMILES string of the molecule is CC1CCN(c2ccc(NC(=O)CCCN3C(=O)CNC3=O)cc2)CC1. The van der Waals surface area contributed by atoms with Crippen molar-refractivity contribution in [1.29, 1.82) is 0 Å². The van der Waals surface area contributed by atoms with Crippen molar-refractivity contribution in [3.05, 3.63) is 24.3 Å². The van der Waals surface area contributed by atoms with Gasteiger partial charge in [0.05, 0.1) is 6.54 Å². The Morgan fingerprint density at radius 3 is 2.50 bits per heavy atom. The normalized spacial score (nSPS) is 18.2. The summed E-state index contributed by atoms with van der Waals surface area (Å²) in [6.07, 6.45) is 3.16. The lowest BCUT2D eigenvalue weighted by Crippen LogP contribution is -2.32. The topological polar surface area (TPSA) is 81.8 Å². The average molecular weight is 358 g/mol. The van der Waals surface area contributed by atoms with Gasteiger partial charge in [-0.3, -0.25) is 14.5 Å². The molecule has 2 fully saturated rings. The van der Waals surface area contributed by atoms with Gasteiger partial charge in [-0.2, -0.15) is 0 Å². The van der Waals surface area contributed by atoms with Crippen molar-refractivity contribution in [3.63, 3.8) is 0 Å². The molecule has 0 bridgehead atoms. The largest absolute Gasteiger partial charge is 0.372 e. The summed E-state index contributed by atoms with van der Waals surface area (Å²) in [5, 5.41) is 5.33. The van der Waals surface area contributed by atoms with Gasteiger partial charge in [0.25, 0.3) is 0 Å². The van der Waals surface area contributed by atoms with Gasteiger partial charge in [0.15, 0.2) is 0 Å². The maximum absolute atomic E-state index is 12.0. The number of hydrogen-bond donors (Lipinski definition) is 2. The van der Waals surface area contributed by atoms with E-state index in [1.165, 1.54) is 18.5 Å². The molecule has 26 heavy (non-hydrogen) atoms. The molecule has 7 nitrogen and oxygen atoms in total. The molecule has 3 rings (SSSR count). The molecule has 2 aliphatic heterocycles. The molecular weight excluding hydrogens is 332 g/mol. The van der Waals surface area contributed by atoms with Crippen molar-refractivity contribution >= 4 is 29.2 Å². The van der Waals surface area contributed by atoms with E-state index in [-0.39, 0.29) is 37.4 Å². The third-order valence-electron chi connectivity index (χ3n) is 5.02. The van der Waals surface area contributed by atoms with Gasteiger partial charge in [-0.25, -0.2) is 4.79 Å². The summed E-state index contributed by atoms with van der Waals surface area (Å²) in [6, 6.07) is 7.54. The summed E-state index contributed by atoms with van der Waals surface area (Å²) >= 11 is 0. The van der Waals surface area contributed by atoms with E-state index in [1.807, 2.05) is 24.3 Å². The Hall–Kier alpha value is -2.57. The van der Waals surface area contributed by atoms with Gasteiger partial charge in [-0.05, 0) is 49.4 Å². The molecule has 2 N–H and O–H groups in total. The highest BCUT2D eigenvalue weighted by Gasteiger charge is 2.27. The maximum atomic E-state index is 12.0. The number of nitrogens with one attached hydrogen (secondary N) is 2. The summed E-state index contributed by atoms with van der Waals surface area (Å²) in [4.78, 5) is 38.5. The van der Waals surface area contributed by atoms with Gasteiger partial charge in [0, 0.05) is 37.4 Å². The Kier molecular flexibility index (Phi) is 5.75. The Balaban J connectivity index is 1.43. The van der Waals surface area contributed by atoms with E-state index in [0.717, 1.165) is 29.6 Å². The molecule has 0 radical (unpaired) electrons. The number of hydrogen-bond acceptors (Lipinski definition) is 4. The first-order valence-electron chi connectivity index (χ1n) is 9.26. The van der Waals surface area contributed by atoms with Crippen molar-refractivity contribution in [2.24, 2.45) is 5.92 Å². The Labute approximate surface area is 153 Å². The molecule has 0 aromatic heterocycles. The van der Waals surface area contributed by atoms with Crippen LogP contribution in [-0.4, -0.2) is 48.9 Å². The molecule has 140 valence electrons. The van der Waals surface area contributed by atoms with E-state index in [0.29, 0.717) is 6.42 Å². The van der Waals surface area contributed by atoms with Crippen molar-refractivity contribution in [3.8, 4) is 0 Å². The Morgan fingerprint density at radius 2 is 1.88 bits per heavy atom. The van der Waals surface area contributed by atoms with Crippen molar-refractivity contribution in [1.82, 2.24) is 10.2 Å². The molecule has 0 spiro atoms. The molecule has 7 heteroatoms. The molecule has 0 atom stereocenters. The number of piperidine rings is 1. The first-order valence-corrected chi connectivity index (χ1v) is 9.26. The van der Waals surface area contributed by atoms with E-state index < -0.39 is 0 Å². The highest BCUT2D eigenvalue weighted by molar-refractivity contribution is 6.02. The van der Waals surface area contributed by atoms with Crippen LogP contribution in [0.2, 0.25) is 0 Å². The van der Waals surface area contributed by atoms with Gasteiger partial charge >= 0.3 is 6.03 Å². The molecule has 0 unspecified atom stereocenters. The van der Waals surface area contributed by atoms with Crippen molar-refractivity contribution in [2.45, 2.75) is 32.6 Å². The van der Waals surface area contributed by atoms with E-state index in [2.05, 4.69) is 22.5 Å². The van der Waals surface area contributed by atoms with Crippen LogP contribution in [0.25, 0.3) is 0 Å². The lowest BCUT2D eigenvalue weighted by atomic mass is 9.99. The second kappa shape index (κ2) is 8.21. The molecule has 2 aliphatic rings. The van der Waals surface area contributed by atoms with Crippen LogP contribution in [0.3, 0.4) is 0 Å². The third kappa shape index (κ3) is 4.53. The minimum Gasteiger partial charge on any atom is -0.372 e. The Morgan fingerprint density at radius 1 is 1.19 bits per heavy atom. The number of nitrogens with zero attached hydrogens (tertiary/aromatic N) is 2. The lowest BCUT2D eigenvalue weighted by Gasteiger charge is -2.32. The number of amides is 4. The molecule has 1 aromatic rings. The molecule has 1 aromatic carbocycles. The van der Waals surface area contributed by atoms with E-state index >= 15 is 0 Å². The van der Waals surface area contributed by atoms with Crippen LogP contribution in [0.1, 0.15) is 32.6 Å². The minimum atomic E-state index is -0.377. The van der Waals surface area contributed by atoms with E-state index in [4.69, 9.17) is 0 Å². The zero-order chi connectivity index (χ0) is 18.5. The number of imide groups is 1. The first-order chi connectivity index (χ1) is 12.5. The van der Waals surface area contributed by atoms with Crippen LogP contribution >= 0.6 is 0 Å². The monoisotopic (exact) mass is 358 g/mol. The van der Waals surface area contributed by atoms with Gasteiger partial charge in [-0.15, -0.1) is 0 Å². The zero-order valence-electron chi connectivity index (χ0n) is 15.2. The molecule has 0 aliphatic carbocycles.